The molecule has 0 bridgehead atoms. The normalized spacial score (nSPS) is 17.6. The third kappa shape index (κ3) is 3.97. The molecule has 0 spiro atoms. The minimum absolute atomic E-state index is 0.112. The van der Waals surface area contributed by atoms with E-state index >= 15 is 0 Å². The molecule has 2 aromatic rings. The van der Waals surface area contributed by atoms with Gasteiger partial charge in [-0.25, -0.2) is 5.48 Å². The highest BCUT2D eigenvalue weighted by atomic mass is 16.5. The summed E-state index contributed by atoms with van der Waals surface area (Å²) in [5.74, 6) is -0.683. The summed E-state index contributed by atoms with van der Waals surface area (Å²) in [6.07, 6.45) is 3.37. The van der Waals surface area contributed by atoms with Gasteiger partial charge >= 0.3 is 0 Å². The van der Waals surface area contributed by atoms with Crippen molar-refractivity contribution < 1.29 is 14.8 Å². The summed E-state index contributed by atoms with van der Waals surface area (Å²) in [6.45, 7) is 1.78. The van der Waals surface area contributed by atoms with Crippen molar-refractivity contribution in [3.63, 3.8) is 0 Å². The Hall–Kier alpha value is -2.44. The Bertz CT molecular complexity index is 791. The van der Waals surface area contributed by atoms with E-state index in [1.807, 2.05) is 6.07 Å². The van der Waals surface area contributed by atoms with Crippen molar-refractivity contribution in [3.05, 3.63) is 47.5 Å². The summed E-state index contributed by atoms with van der Waals surface area (Å²) in [4.78, 5) is 26.2. The van der Waals surface area contributed by atoms with Crippen LogP contribution in [0.3, 0.4) is 0 Å². The predicted octanol–water partition coefficient (Wildman–Crippen LogP) is 2.17. The average molecular weight is 341 g/mol. The first-order chi connectivity index (χ1) is 12.1. The lowest BCUT2D eigenvalue weighted by molar-refractivity contribution is 0.0706. The molecule has 1 saturated heterocycles. The average Bonchev–Trinajstić information content (AvgIpc) is 3.05. The number of hydrogen-bond donors (Lipinski definition) is 3. The molecule has 25 heavy (non-hydrogen) atoms. The first-order valence-corrected chi connectivity index (χ1v) is 8.55. The van der Waals surface area contributed by atoms with E-state index in [4.69, 9.17) is 5.21 Å². The van der Waals surface area contributed by atoms with Crippen molar-refractivity contribution in [3.8, 4) is 0 Å². The van der Waals surface area contributed by atoms with Crippen molar-refractivity contribution in [2.24, 2.45) is 0 Å². The lowest BCUT2D eigenvalue weighted by Gasteiger charge is -2.19. The minimum atomic E-state index is -0.572. The number of carbonyl (C=O) groups excluding carboxylic acids is 2. The Morgan fingerprint density at radius 3 is 2.40 bits per heavy atom. The van der Waals surface area contributed by atoms with Gasteiger partial charge in [-0.2, -0.15) is 0 Å². The highest BCUT2D eigenvalue weighted by Crippen LogP contribution is 2.19. The van der Waals surface area contributed by atoms with Gasteiger partial charge in [0, 0.05) is 23.7 Å². The van der Waals surface area contributed by atoms with E-state index in [9.17, 15) is 9.59 Å². The topological polar surface area (TPSA) is 81.7 Å². The second-order valence-electron chi connectivity index (χ2n) is 6.54. The predicted molar refractivity (Wildman–Crippen MR) is 95.8 cm³/mol. The molecule has 1 unspecified atom stereocenters. The standard InChI is InChI=1S/C19H23N3O3/c1-22-10-2-3-17(22)8-9-20-18(23)14-6-4-13-5-7-15(19(24)21-25)12-16(13)11-14/h4-7,11-12,17,25H,2-3,8-10H2,1H3,(H,20,23)(H,21,24). The van der Waals surface area contributed by atoms with Crippen LogP contribution in [-0.4, -0.2) is 48.1 Å². The molecule has 6 heteroatoms. The lowest BCUT2D eigenvalue weighted by Crippen LogP contribution is -2.31. The largest absolute Gasteiger partial charge is 0.352 e. The summed E-state index contributed by atoms with van der Waals surface area (Å²) in [7, 11) is 2.13. The molecule has 1 fully saturated rings. The minimum Gasteiger partial charge on any atom is -0.352 e. The van der Waals surface area contributed by atoms with Crippen LogP contribution in [0.2, 0.25) is 0 Å². The van der Waals surface area contributed by atoms with Crippen molar-refractivity contribution in [2.45, 2.75) is 25.3 Å². The Kier molecular flexibility index (Phi) is 5.31. The Balaban J connectivity index is 1.67. The molecule has 3 N–H and O–H groups in total. The van der Waals surface area contributed by atoms with Gasteiger partial charge in [0.05, 0.1) is 0 Å². The lowest BCUT2D eigenvalue weighted by atomic mass is 10.0. The Morgan fingerprint density at radius 1 is 1.12 bits per heavy atom. The van der Waals surface area contributed by atoms with Crippen LogP contribution in [0.15, 0.2) is 36.4 Å². The van der Waals surface area contributed by atoms with Crippen molar-refractivity contribution >= 4 is 22.6 Å². The Labute approximate surface area is 146 Å². The van der Waals surface area contributed by atoms with Crippen LogP contribution in [0.5, 0.6) is 0 Å². The van der Waals surface area contributed by atoms with Gasteiger partial charge in [-0.3, -0.25) is 14.8 Å². The van der Waals surface area contributed by atoms with Crippen LogP contribution in [0.1, 0.15) is 40.0 Å². The molecule has 0 radical (unpaired) electrons. The molecular weight excluding hydrogens is 318 g/mol. The molecular formula is C19H23N3O3. The highest BCUT2D eigenvalue weighted by Gasteiger charge is 2.20. The van der Waals surface area contributed by atoms with Gasteiger partial charge < -0.3 is 10.2 Å². The summed E-state index contributed by atoms with van der Waals surface area (Å²) in [6, 6.07) is 11.0. The summed E-state index contributed by atoms with van der Waals surface area (Å²) in [5.41, 5.74) is 2.53. The smallest absolute Gasteiger partial charge is 0.274 e. The van der Waals surface area contributed by atoms with E-state index in [-0.39, 0.29) is 5.91 Å². The fourth-order valence-electron chi connectivity index (χ4n) is 3.39. The number of hydroxylamine groups is 1. The van der Waals surface area contributed by atoms with Crippen molar-refractivity contribution in [1.29, 1.82) is 0 Å². The molecule has 3 rings (SSSR count). The maximum absolute atomic E-state index is 12.4. The second kappa shape index (κ2) is 7.63. The number of hydrogen-bond acceptors (Lipinski definition) is 4. The van der Waals surface area contributed by atoms with Crippen LogP contribution < -0.4 is 10.8 Å². The molecule has 1 atom stereocenters. The van der Waals surface area contributed by atoms with E-state index in [0.717, 1.165) is 23.7 Å². The number of fused-ring (bicyclic) bond motifs is 1. The maximum atomic E-state index is 12.4. The molecule has 1 heterocycles. The zero-order valence-electron chi connectivity index (χ0n) is 14.3. The highest BCUT2D eigenvalue weighted by molar-refractivity contribution is 6.01. The van der Waals surface area contributed by atoms with E-state index < -0.39 is 5.91 Å². The van der Waals surface area contributed by atoms with Crippen LogP contribution in [0, 0.1) is 0 Å². The number of nitrogens with zero attached hydrogens (tertiary/aromatic N) is 1. The Morgan fingerprint density at radius 2 is 1.80 bits per heavy atom. The molecule has 2 amide bonds. The number of nitrogens with one attached hydrogen (secondary N) is 2. The number of rotatable bonds is 5. The first-order valence-electron chi connectivity index (χ1n) is 8.55. The summed E-state index contributed by atoms with van der Waals surface area (Å²) < 4.78 is 0. The SMILES string of the molecule is CN1CCCC1CCNC(=O)c1ccc2ccc(C(=O)NO)cc2c1. The van der Waals surface area contributed by atoms with Gasteiger partial charge in [0.25, 0.3) is 11.8 Å². The molecule has 2 aromatic carbocycles. The zero-order chi connectivity index (χ0) is 17.8. The fraction of sp³-hybridized carbons (Fsp3) is 0.368. The molecule has 132 valence electrons. The van der Waals surface area contributed by atoms with E-state index in [2.05, 4.69) is 17.3 Å². The molecule has 0 aromatic heterocycles. The van der Waals surface area contributed by atoms with E-state index in [0.29, 0.717) is 23.7 Å². The quantitative estimate of drug-likeness (QED) is 0.575. The molecule has 1 aliphatic heterocycles. The van der Waals surface area contributed by atoms with Crippen LogP contribution in [-0.2, 0) is 0 Å². The molecule has 0 aliphatic carbocycles. The van der Waals surface area contributed by atoms with Crippen molar-refractivity contribution in [2.75, 3.05) is 20.1 Å². The zero-order valence-corrected chi connectivity index (χ0v) is 14.3. The second-order valence-corrected chi connectivity index (χ2v) is 6.54. The number of likely N-dealkylation sites (tertiary alicyclic amines) is 1. The van der Waals surface area contributed by atoms with E-state index in [1.54, 1.807) is 35.8 Å². The van der Waals surface area contributed by atoms with Gasteiger partial charge in [0.2, 0.25) is 0 Å². The van der Waals surface area contributed by atoms with Crippen molar-refractivity contribution in [1.82, 2.24) is 15.7 Å². The van der Waals surface area contributed by atoms with Gasteiger partial charge in [0.15, 0.2) is 0 Å². The fourth-order valence-corrected chi connectivity index (χ4v) is 3.39. The third-order valence-electron chi connectivity index (χ3n) is 4.90. The van der Waals surface area contributed by atoms with Gasteiger partial charge in [0.1, 0.15) is 0 Å². The molecule has 6 nitrogen and oxygen atoms in total. The maximum Gasteiger partial charge on any atom is 0.274 e. The number of carbonyl (C=O) groups is 2. The number of benzene rings is 2. The first kappa shape index (κ1) is 17.4. The summed E-state index contributed by atoms with van der Waals surface area (Å²) >= 11 is 0. The van der Waals surface area contributed by atoms with Crippen LogP contribution in [0.4, 0.5) is 0 Å². The van der Waals surface area contributed by atoms with Gasteiger partial charge in [-0.15, -0.1) is 0 Å². The molecule has 1 aliphatic rings. The third-order valence-corrected chi connectivity index (χ3v) is 4.90. The summed E-state index contributed by atoms with van der Waals surface area (Å²) in [5, 5.41) is 13.4. The van der Waals surface area contributed by atoms with Crippen LogP contribution >= 0.6 is 0 Å². The van der Waals surface area contributed by atoms with Gasteiger partial charge in [-0.1, -0.05) is 12.1 Å². The molecule has 0 saturated carbocycles. The number of amides is 2. The van der Waals surface area contributed by atoms with E-state index in [1.165, 1.54) is 12.8 Å². The van der Waals surface area contributed by atoms with Gasteiger partial charge in [-0.05, 0) is 67.9 Å². The monoisotopic (exact) mass is 341 g/mol. The van der Waals surface area contributed by atoms with Crippen LogP contribution in [0.25, 0.3) is 10.8 Å².